The van der Waals surface area contributed by atoms with Crippen LogP contribution < -0.4 is 16.4 Å². The molecule has 0 unspecified atom stereocenters. The first-order chi connectivity index (χ1) is 10.2. The summed E-state index contributed by atoms with van der Waals surface area (Å²) < 4.78 is 0. The van der Waals surface area contributed by atoms with Gasteiger partial charge in [0.15, 0.2) is 0 Å². The Morgan fingerprint density at radius 1 is 1.33 bits per heavy atom. The maximum absolute atomic E-state index is 12.0. The number of nitrogen functional groups attached to an aromatic ring is 1. The maximum atomic E-state index is 12.0. The Morgan fingerprint density at radius 3 is 2.81 bits per heavy atom. The van der Waals surface area contributed by atoms with Crippen LogP contribution in [0.25, 0.3) is 0 Å². The summed E-state index contributed by atoms with van der Waals surface area (Å²) >= 11 is 1.46. The Balaban J connectivity index is 1.47. The van der Waals surface area contributed by atoms with E-state index in [-0.39, 0.29) is 5.91 Å². The van der Waals surface area contributed by atoms with E-state index >= 15 is 0 Å². The fraction of sp³-hybridized carbons (Fsp3) is 0.667. The summed E-state index contributed by atoms with van der Waals surface area (Å²) in [6, 6.07) is 2.25. The monoisotopic (exact) mass is 308 g/mol. The highest BCUT2D eigenvalue weighted by molar-refractivity contribution is 7.18. The lowest BCUT2D eigenvalue weighted by molar-refractivity contribution is 0.0956. The van der Waals surface area contributed by atoms with Crippen LogP contribution in [-0.4, -0.2) is 43.0 Å². The Bertz CT molecular complexity index is 492. The highest BCUT2D eigenvalue weighted by Crippen LogP contribution is 2.30. The van der Waals surface area contributed by atoms with Gasteiger partial charge in [0.05, 0.1) is 10.7 Å². The smallest absolute Gasteiger partial charge is 0.263 e. The molecule has 0 spiro atoms. The fourth-order valence-electron chi connectivity index (χ4n) is 2.67. The van der Waals surface area contributed by atoms with E-state index in [9.17, 15) is 4.79 Å². The van der Waals surface area contributed by atoms with Crippen molar-refractivity contribution < 1.29 is 4.79 Å². The lowest BCUT2D eigenvalue weighted by Gasteiger charge is -2.26. The van der Waals surface area contributed by atoms with Gasteiger partial charge in [0.1, 0.15) is 4.88 Å². The molecule has 3 rings (SSSR count). The molecule has 0 aromatic carbocycles. The summed E-state index contributed by atoms with van der Waals surface area (Å²) in [7, 11) is 0. The summed E-state index contributed by atoms with van der Waals surface area (Å²) in [6.07, 6.45) is 6.19. The number of amides is 1. The molecule has 1 aliphatic heterocycles. The van der Waals surface area contributed by atoms with E-state index < -0.39 is 0 Å². The minimum absolute atomic E-state index is 0.0240. The molecule has 21 heavy (non-hydrogen) atoms. The van der Waals surface area contributed by atoms with Crippen molar-refractivity contribution in [1.29, 1.82) is 0 Å². The third-order valence-electron chi connectivity index (χ3n) is 4.06. The molecule has 0 atom stereocenters. The minimum atomic E-state index is -0.0240. The Labute approximate surface area is 129 Å². The van der Waals surface area contributed by atoms with Gasteiger partial charge in [-0.3, -0.25) is 4.79 Å². The van der Waals surface area contributed by atoms with Crippen molar-refractivity contribution in [3.8, 4) is 0 Å². The molecular weight excluding hydrogens is 284 g/mol. The number of nitrogens with one attached hydrogen (secondary N) is 2. The molecule has 2 heterocycles. The van der Waals surface area contributed by atoms with E-state index in [2.05, 4.69) is 15.5 Å². The van der Waals surface area contributed by atoms with Crippen molar-refractivity contribution in [3.63, 3.8) is 0 Å². The van der Waals surface area contributed by atoms with Gasteiger partial charge in [0.2, 0.25) is 0 Å². The molecule has 1 aromatic heterocycles. The number of rotatable bonds is 6. The minimum Gasteiger partial charge on any atom is -0.397 e. The number of carbonyl (C=O) groups excluding carboxylic acids is 1. The van der Waals surface area contributed by atoms with Crippen LogP contribution >= 0.6 is 11.3 Å². The van der Waals surface area contributed by atoms with Gasteiger partial charge in [-0.2, -0.15) is 0 Å². The largest absolute Gasteiger partial charge is 0.397 e. The van der Waals surface area contributed by atoms with Crippen LogP contribution in [0.2, 0.25) is 0 Å². The van der Waals surface area contributed by atoms with E-state index in [1.165, 1.54) is 43.7 Å². The predicted octanol–water partition coefficient (Wildman–Crippen LogP) is 2.12. The predicted molar refractivity (Wildman–Crippen MR) is 88.0 cm³/mol. The fourth-order valence-corrected chi connectivity index (χ4v) is 3.58. The molecule has 4 N–H and O–H groups in total. The summed E-state index contributed by atoms with van der Waals surface area (Å²) in [5.74, 6) is -0.0240. The quantitative estimate of drug-likeness (QED) is 0.753. The van der Waals surface area contributed by atoms with Gasteiger partial charge >= 0.3 is 0 Å². The Morgan fingerprint density at radius 2 is 2.10 bits per heavy atom. The van der Waals surface area contributed by atoms with Crippen LogP contribution in [0.3, 0.4) is 0 Å². The van der Waals surface area contributed by atoms with Crippen molar-refractivity contribution in [1.82, 2.24) is 10.2 Å². The van der Waals surface area contributed by atoms with Crippen LogP contribution in [0.1, 0.15) is 41.8 Å². The molecule has 5 nitrogen and oxygen atoms in total. The summed E-state index contributed by atoms with van der Waals surface area (Å²) in [6.45, 7) is 4.39. The van der Waals surface area contributed by atoms with Crippen molar-refractivity contribution in [2.24, 2.45) is 0 Å². The molecule has 1 saturated heterocycles. The molecule has 1 aliphatic carbocycles. The van der Waals surface area contributed by atoms with E-state index in [0.717, 1.165) is 30.9 Å². The zero-order valence-corrected chi connectivity index (χ0v) is 13.2. The molecule has 116 valence electrons. The van der Waals surface area contributed by atoms with Crippen LogP contribution in [0.5, 0.6) is 0 Å². The number of carbonyl (C=O) groups is 1. The first kappa shape index (κ1) is 14.7. The van der Waals surface area contributed by atoms with E-state index in [0.29, 0.717) is 16.6 Å². The normalized spacial score (nSPS) is 19.4. The topological polar surface area (TPSA) is 70.4 Å². The van der Waals surface area contributed by atoms with Gasteiger partial charge < -0.3 is 21.3 Å². The van der Waals surface area contributed by atoms with Crippen molar-refractivity contribution >= 4 is 27.9 Å². The zero-order valence-electron chi connectivity index (χ0n) is 12.4. The zero-order chi connectivity index (χ0) is 14.7. The summed E-state index contributed by atoms with van der Waals surface area (Å²) in [5, 5.41) is 7.37. The molecule has 2 fully saturated rings. The second kappa shape index (κ2) is 6.66. The molecule has 1 aromatic rings. The van der Waals surface area contributed by atoms with Crippen molar-refractivity contribution in [2.45, 2.75) is 38.1 Å². The number of piperidine rings is 1. The number of hydrogen-bond donors (Lipinski definition) is 3. The van der Waals surface area contributed by atoms with Gasteiger partial charge in [0.25, 0.3) is 5.91 Å². The van der Waals surface area contributed by atoms with E-state index in [1.54, 1.807) is 0 Å². The average molecular weight is 308 g/mol. The third kappa shape index (κ3) is 4.11. The van der Waals surface area contributed by atoms with Gasteiger partial charge in [-0.15, -0.1) is 11.3 Å². The van der Waals surface area contributed by atoms with E-state index in [1.807, 2.05) is 6.07 Å². The molecular formula is C15H24N4OS. The molecule has 0 radical (unpaired) electrons. The molecule has 1 amide bonds. The number of likely N-dealkylation sites (tertiary alicyclic amines) is 1. The SMILES string of the molecule is Nc1cc(NCCN2CCCCC2)sc1C(=O)NC1CC1. The Hall–Kier alpha value is -1.27. The lowest BCUT2D eigenvalue weighted by atomic mass is 10.1. The first-order valence-electron chi connectivity index (χ1n) is 7.89. The number of anilines is 2. The number of hydrogen-bond acceptors (Lipinski definition) is 5. The van der Waals surface area contributed by atoms with Gasteiger partial charge in [-0.1, -0.05) is 6.42 Å². The van der Waals surface area contributed by atoms with Crippen LogP contribution in [0.15, 0.2) is 6.07 Å². The standard InChI is InChI=1S/C15H24N4OS/c16-12-10-13(17-6-9-19-7-2-1-3-8-19)21-14(12)15(20)18-11-4-5-11/h10-11,17H,1-9,16H2,(H,18,20). The van der Waals surface area contributed by atoms with Crippen LogP contribution in [0.4, 0.5) is 10.7 Å². The highest BCUT2D eigenvalue weighted by atomic mass is 32.1. The van der Waals surface area contributed by atoms with Crippen LogP contribution in [-0.2, 0) is 0 Å². The summed E-state index contributed by atoms with van der Waals surface area (Å²) in [4.78, 5) is 15.2. The van der Waals surface area contributed by atoms with E-state index in [4.69, 9.17) is 5.73 Å². The van der Waals surface area contributed by atoms with Gasteiger partial charge in [-0.25, -0.2) is 0 Å². The van der Waals surface area contributed by atoms with Crippen molar-refractivity contribution in [2.75, 3.05) is 37.2 Å². The lowest BCUT2D eigenvalue weighted by Crippen LogP contribution is -2.33. The average Bonchev–Trinajstić information content (AvgIpc) is 3.21. The second-order valence-electron chi connectivity index (χ2n) is 5.97. The Kier molecular flexibility index (Phi) is 4.65. The summed E-state index contributed by atoms with van der Waals surface area (Å²) in [5.41, 5.74) is 6.53. The first-order valence-corrected chi connectivity index (χ1v) is 8.70. The van der Waals surface area contributed by atoms with Gasteiger partial charge in [0, 0.05) is 19.1 Å². The number of nitrogens with two attached hydrogens (primary N) is 1. The van der Waals surface area contributed by atoms with Crippen LogP contribution in [0, 0.1) is 0 Å². The molecule has 0 bridgehead atoms. The van der Waals surface area contributed by atoms with Crippen molar-refractivity contribution in [3.05, 3.63) is 10.9 Å². The van der Waals surface area contributed by atoms with Gasteiger partial charge in [-0.05, 0) is 44.8 Å². The molecule has 6 heteroatoms. The molecule has 2 aliphatic rings. The number of nitrogens with zero attached hydrogens (tertiary/aromatic N) is 1. The second-order valence-corrected chi connectivity index (χ2v) is 7.02. The number of thiophene rings is 1. The molecule has 1 saturated carbocycles. The highest BCUT2D eigenvalue weighted by Gasteiger charge is 2.25. The maximum Gasteiger partial charge on any atom is 0.263 e. The third-order valence-corrected chi connectivity index (χ3v) is 5.16.